The lowest BCUT2D eigenvalue weighted by Crippen LogP contribution is -2.48. The van der Waals surface area contributed by atoms with Gasteiger partial charge in [-0.2, -0.15) is 13.2 Å². The summed E-state index contributed by atoms with van der Waals surface area (Å²) < 4.78 is 44.8. The van der Waals surface area contributed by atoms with E-state index in [-0.39, 0.29) is 24.0 Å². The van der Waals surface area contributed by atoms with E-state index in [2.05, 4.69) is 10.3 Å². The van der Waals surface area contributed by atoms with Crippen molar-refractivity contribution in [3.63, 3.8) is 0 Å². The number of guanidine groups is 1. The number of ether oxygens (including phenoxy) is 1. The summed E-state index contributed by atoms with van der Waals surface area (Å²) in [4.78, 5) is 12.1. The highest BCUT2D eigenvalue weighted by atomic mass is 127. The zero-order chi connectivity index (χ0) is 20.1. The summed E-state index contributed by atoms with van der Waals surface area (Å²) in [7, 11) is 0. The van der Waals surface area contributed by atoms with Crippen molar-refractivity contribution in [2.75, 3.05) is 26.2 Å². The quantitative estimate of drug-likeness (QED) is 0.349. The molecular weight excluding hydrogens is 516 g/mol. The molecule has 1 aromatic carbocycles. The highest BCUT2D eigenvalue weighted by Gasteiger charge is 2.32. The lowest BCUT2D eigenvalue weighted by molar-refractivity contribution is -0.137. The smallest absolute Gasteiger partial charge is 0.370 e. The Morgan fingerprint density at radius 3 is 2.86 bits per heavy atom. The Morgan fingerprint density at radius 1 is 1.41 bits per heavy atom. The summed E-state index contributed by atoms with van der Waals surface area (Å²) in [5.74, 6) is 0.732. The number of alkyl halides is 3. The monoisotopic (exact) mass is 540 g/mol. The first-order valence-corrected chi connectivity index (χ1v) is 9.97. The molecule has 3 rings (SSSR count). The molecule has 0 aliphatic carbocycles. The molecule has 0 amide bonds. The molecule has 1 unspecified atom stereocenters. The number of aromatic nitrogens is 1. The lowest BCUT2D eigenvalue weighted by Gasteiger charge is -2.35. The third-order valence-corrected chi connectivity index (χ3v) is 5.42. The highest BCUT2D eigenvalue weighted by Crippen LogP contribution is 2.32. The van der Waals surface area contributed by atoms with Crippen molar-refractivity contribution in [1.29, 1.82) is 0 Å². The summed E-state index contributed by atoms with van der Waals surface area (Å²) >= 11 is 1.56. The maximum absolute atomic E-state index is 13.0. The average Bonchev–Trinajstić information content (AvgIpc) is 3.09. The molecule has 1 aromatic heterocycles. The molecule has 160 valence electrons. The molecule has 1 aliphatic heterocycles. The summed E-state index contributed by atoms with van der Waals surface area (Å²) in [5, 5.41) is 3.27. The summed E-state index contributed by atoms with van der Waals surface area (Å²) in [6.07, 6.45) is -4.81. The van der Waals surface area contributed by atoms with Gasteiger partial charge >= 0.3 is 6.18 Å². The van der Waals surface area contributed by atoms with Crippen molar-refractivity contribution in [1.82, 2.24) is 15.2 Å². The zero-order valence-electron chi connectivity index (χ0n) is 16.2. The summed E-state index contributed by atoms with van der Waals surface area (Å²) in [5.41, 5.74) is 2.62. The van der Waals surface area contributed by atoms with Crippen molar-refractivity contribution in [2.45, 2.75) is 32.7 Å². The fourth-order valence-corrected chi connectivity index (χ4v) is 3.71. The minimum atomic E-state index is -4.37. The number of rotatable bonds is 4. The first kappa shape index (κ1) is 23.9. The maximum atomic E-state index is 13.0. The lowest BCUT2D eigenvalue weighted by atomic mass is 10.0. The molecule has 0 saturated carbocycles. The largest absolute Gasteiger partial charge is 0.416 e. The van der Waals surface area contributed by atoms with Gasteiger partial charge in [-0.15, -0.1) is 35.3 Å². The molecular formula is C19H24F3IN4OS. The average molecular weight is 540 g/mol. The number of thiazole rings is 1. The summed E-state index contributed by atoms with van der Waals surface area (Å²) in [6.45, 7) is 6.64. The third-order valence-electron chi connectivity index (χ3n) is 4.50. The Labute approximate surface area is 189 Å². The van der Waals surface area contributed by atoms with Gasteiger partial charge in [0.1, 0.15) is 6.10 Å². The van der Waals surface area contributed by atoms with Gasteiger partial charge in [-0.1, -0.05) is 12.1 Å². The van der Waals surface area contributed by atoms with Crippen LogP contribution in [0.25, 0.3) is 0 Å². The van der Waals surface area contributed by atoms with E-state index >= 15 is 0 Å². The van der Waals surface area contributed by atoms with E-state index in [1.54, 1.807) is 22.9 Å². The van der Waals surface area contributed by atoms with Crippen LogP contribution in [0.3, 0.4) is 0 Å². The van der Waals surface area contributed by atoms with Crippen LogP contribution in [0.2, 0.25) is 0 Å². The SMILES string of the molecule is CCNC(=NCc1scnc1C)N1CCOC(c2cccc(C(F)(F)F)c2)C1.I. The van der Waals surface area contributed by atoms with Crippen LogP contribution in [-0.4, -0.2) is 42.1 Å². The van der Waals surface area contributed by atoms with Gasteiger partial charge in [-0.05, 0) is 31.5 Å². The second-order valence-electron chi connectivity index (χ2n) is 6.46. The normalized spacial score (nSPS) is 17.8. The first-order chi connectivity index (χ1) is 13.4. The van der Waals surface area contributed by atoms with Crippen LogP contribution in [0, 0.1) is 6.92 Å². The van der Waals surface area contributed by atoms with E-state index in [0.717, 1.165) is 22.6 Å². The molecule has 10 heteroatoms. The molecule has 1 atom stereocenters. The topological polar surface area (TPSA) is 49.8 Å². The number of halogens is 4. The van der Waals surface area contributed by atoms with Crippen molar-refractivity contribution >= 4 is 41.3 Å². The first-order valence-electron chi connectivity index (χ1n) is 9.09. The number of morpholine rings is 1. The molecule has 5 nitrogen and oxygen atoms in total. The molecule has 0 bridgehead atoms. The fourth-order valence-electron chi connectivity index (χ4n) is 3.01. The number of nitrogens with one attached hydrogen (secondary N) is 1. The molecule has 0 radical (unpaired) electrons. The standard InChI is InChI=1S/C19H23F3N4OS.HI/c1-3-23-18(24-10-17-13(2)25-12-28-17)26-7-8-27-16(11-26)14-5-4-6-15(9-14)19(20,21)22;/h4-6,9,12,16H,3,7-8,10-11H2,1-2H3,(H,23,24);1H. The molecule has 2 heterocycles. The van der Waals surface area contributed by atoms with Crippen LogP contribution in [0.4, 0.5) is 13.2 Å². The van der Waals surface area contributed by atoms with E-state index < -0.39 is 17.8 Å². The number of aliphatic imine (C=N–C) groups is 1. The van der Waals surface area contributed by atoms with Gasteiger partial charge in [0.2, 0.25) is 0 Å². The Bertz CT molecular complexity index is 828. The number of nitrogens with zero attached hydrogens (tertiary/aromatic N) is 3. The van der Waals surface area contributed by atoms with Crippen molar-refractivity contribution in [3.8, 4) is 0 Å². The molecule has 29 heavy (non-hydrogen) atoms. The zero-order valence-corrected chi connectivity index (χ0v) is 19.3. The van der Waals surface area contributed by atoms with Crippen LogP contribution in [0.15, 0.2) is 34.8 Å². The summed E-state index contributed by atoms with van der Waals surface area (Å²) in [6, 6.07) is 5.34. The van der Waals surface area contributed by atoms with Crippen molar-refractivity contribution in [2.24, 2.45) is 4.99 Å². The molecule has 1 saturated heterocycles. The molecule has 1 aliphatic rings. The maximum Gasteiger partial charge on any atom is 0.416 e. The minimum absolute atomic E-state index is 0. The molecule has 0 spiro atoms. The number of aryl methyl sites for hydroxylation is 1. The van der Waals surface area contributed by atoms with Gasteiger partial charge in [0, 0.05) is 18.0 Å². The van der Waals surface area contributed by atoms with Gasteiger partial charge in [-0.25, -0.2) is 9.98 Å². The Morgan fingerprint density at radius 2 is 2.21 bits per heavy atom. The van der Waals surface area contributed by atoms with Gasteiger partial charge < -0.3 is 15.0 Å². The predicted molar refractivity (Wildman–Crippen MR) is 119 cm³/mol. The van der Waals surface area contributed by atoms with Crippen LogP contribution in [-0.2, 0) is 17.5 Å². The number of benzene rings is 1. The van der Waals surface area contributed by atoms with E-state index in [4.69, 9.17) is 9.73 Å². The molecule has 1 N–H and O–H groups in total. The number of hydrogen-bond acceptors (Lipinski definition) is 4. The van der Waals surface area contributed by atoms with E-state index in [0.29, 0.717) is 38.3 Å². The van der Waals surface area contributed by atoms with Crippen molar-refractivity contribution in [3.05, 3.63) is 51.5 Å². The van der Waals surface area contributed by atoms with Gasteiger partial charge in [0.15, 0.2) is 5.96 Å². The van der Waals surface area contributed by atoms with Gasteiger partial charge in [-0.3, -0.25) is 0 Å². The highest BCUT2D eigenvalue weighted by molar-refractivity contribution is 14.0. The Balaban J connectivity index is 0.00000300. The Kier molecular flexibility index (Phi) is 8.71. The molecule has 2 aromatic rings. The van der Waals surface area contributed by atoms with Crippen molar-refractivity contribution < 1.29 is 17.9 Å². The minimum Gasteiger partial charge on any atom is -0.370 e. The van der Waals surface area contributed by atoms with Crippen LogP contribution >= 0.6 is 35.3 Å². The predicted octanol–water partition coefficient (Wildman–Crippen LogP) is 4.63. The Hall–Kier alpha value is -1.40. The molecule has 1 fully saturated rings. The van der Waals surface area contributed by atoms with Crippen LogP contribution < -0.4 is 5.32 Å². The van der Waals surface area contributed by atoms with Crippen LogP contribution in [0.1, 0.15) is 34.7 Å². The van der Waals surface area contributed by atoms with Gasteiger partial charge in [0.25, 0.3) is 0 Å². The number of hydrogen-bond donors (Lipinski definition) is 1. The third kappa shape index (κ3) is 6.29. The van der Waals surface area contributed by atoms with Crippen LogP contribution in [0.5, 0.6) is 0 Å². The van der Waals surface area contributed by atoms with E-state index in [1.807, 2.05) is 18.7 Å². The fraction of sp³-hybridized carbons (Fsp3) is 0.474. The van der Waals surface area contributed by atoms with E-state index in [9.17, 15) is 13.2 Å². The van der Waals surface area contributed by atoms with Gasteiger partial charge in [0.05, 0.1) is 36.5 Å². The van der Waals surface area contributed by atoms with E-state index in [1.165, 1.54) is 12.1 Å². The second kappa shape index (κ2) is 10.6. The second-order valence-corrected chi connectivity index (χ2v) is 7.40.